The molecule has 5 rings (SSSR count). The number of hydrogen-bond acceptors (Lipinski definition) is 5. The molecule has 1 aliphatic rings. The summed E-state index contributed by atoms with van der Waals surface area (Å²) in [5.74, 6) is 0.568. The van der Waals surface area contributed by atoms with Gasteiger partial charge in [-0.15, -0.1) is 0 Å². The van der Waals surface area contributed by atoms with Gasteiger partial charge in [0.1, 0.15) is 11.6 Å². The molecule has 0 N–H and O–H groups in total. The molecule has 1 fully saturated rings. The van der Waals surface area contributed by atoms with Crippen LogP contribution in [0.4, 0.5) is 10.1 Å². The van der Waals surface area contributed by atoms with Crippen molar-refractivity contribution >= 4 is 16.9 Å². The van der Waals surface area contributed by atoms with Gasteiger partial charge in [0.05, 0.1) is 12.2 Å². The van der Waals surface area contributed by atoms with E-state index in [1.165, 1.54) is 23.2 Å². The predicted octanol–water partition coefficient (Wildman–Crippen LogP) is 2.53. The number of aryl methyl sites for hydroxylation is 3. The molecule has 2 aromatic heterocycles. The summed E-state index contributed by atoms with van der Waals surface area (Å²) in [6.07, 6.45) is 1.73. The second kappa shape index (κ2) is 10.1. The largest absolute Gasteiger partial charge is 0.367 e. The monoisotopic (exact) mass is 490 g/mol. The van der Waals surface area contributed by atoms with Crippen molar-refractivity contribution in [2.75, 3.05) is 31.1 Å². The van der Waals surface area contributed by atoms with Gasteiger partial charge < -0.3 is 9.47 Å². The third-order valence-corrected chi connectivity index (χ3v) is 7.05. The van der Waals surface area contributed by atoms with Crippen molar-refractivity contribution in [2.24, 2.45) is 14.1 Å². The van der Waals surface area contributed by atoms with E-state index >= 15 is 0 Å². The molecule has 0 aliphatic carbocycles. The minimum atomic E-state index is -0.383. The van der Waals surface area contributed by atoms with Crippen LogP contribution in [0, 0.1) is 5.82 Å². The second-order valence-electron chi connectivity index (χ2n) is 9.36. The molecule has 1 aliphatic heterocycles. The number of nitrogens with zero attached hydrogens (tertiary/aromatic N) is 6. The van der Waals surface area contributed by atoms with Crippen LogP contribution in [0.1, 0.15) is 17.8 Å². The van der Waals surface area contributed by atoms with E-state index in [0.717, 1.165) is 36.3 Å². The second-order valence-corrected chi connectivity index (χ2v) is 9.36. The lowest BCUT2D eigenvalue weighted by atomic mass is 10.1. The molecule has 0 saturated carbocycles. The van der Waals surface area contributed by atoms with Crippen LogP contribution in [0.5, 0.6) is 0 Å². The zero-order valence-electron chi connectivity index (χ0n) is 20.7. The van der Waals surface area contributed by atoms with E-state index in [1.54, 1.807) is 13.1 Å². The molecule has 3 heterocycles. The van der Waals surface area contributed by atoms with Gasteiger partial charge in [-0.05, 0) is 30.5 Å². The molecule has 0 amide bonds. The summed E-state index contributed by atoms with van der Waals surface area (Å²) in [6, 6.07) is 17.1. The maximum atomic E-state index is 14.2. The summed E-state index contributed by atoms with van der Waals surface area (Å²) in [6.45, 7) is 4.09. The van der Waals surface area contributed by atoms with E-state index in [-0.39, 0.29) is 17.1 Å². The first kappa shape index (κ1) is 24.0. The quantitative estimate of drug-likeness (QED) is 0.398. The Hall–Kier alpha value is -3.72. The highest BCUT2D eigenvalue weighted by Gasteiger charge is 2.24. The van der Waals surface area contributed by atoms with E-state index in [9.17, 15) is 14.0 Å². The number of halogens is 1. The number of fused-ring (bicyclic) bond motifs is 1. The van der Waals surface area contributed by atoms with Crippen LogP contribution in [-0.4, -0.2) is 49.8 Å². The van der Waals surface area contributed by atoms with Crippen molar-refractivity contribution in [3.63, 3.8) is 0 Å². The van der Waals surface area contributed by atoms with Crippen LogP contribution in [0.15, 0.2) is 64.2 Å². The van der Waals surface area contributed by atoms with Crippen LogP contribution in [0.2, 0.25) is 0 Å². The molecule has 0 unspecified atom stereocenters. The molecule has 4 aromatic rings. The van der Waals surface area contributed by atoms with Crippen molar-refractivity contribution in [2.45, 2.75) is 25.9 Å². The lowest BCUT2D eigenvalue weighted by Gasteiger charge is -2.36. The van der Waals surface area contributed by atoms with Crippen molar-refractivity contribution in [3.05, 3.63) is 92.6 Å². The van der Waals surface area contributed by atoms with Crippen molar-refractivity contribution in [1.82, 2.24) is 23.6 Å². The minimum Gasteiger partial charge on any atom is -0.367 e. The molecular weight excluding hydrogens is 459 g/mol. The van der Waals surface area contributed by atoms with Crippen molar-refractivity contribution in [3.8, 4) is 0 Å². The van der Waals surface area contributed by atoms with Gasteiger partial charge in [0, 0.05) is 46.8 Å². The van der Waals surface area contributed by atoms with E-state index in [2.05, 4.69) is 21.9 Å². The van der Waals surface area contributed by atoms with E-state index in [4.69, 9.17) is 4.98 Å². The van der Waals surface area contributed by atoms with Gasteiger partial charge in [-0.3, -0.25) is 18.8 Å². The Morgan fingerprint density at radius 3 is 2.31 bits per heavy atom. The Bertz CT molecular complexity index is 1480. The highest BCUT2D eigenvalue weighted by atomic mass is 19.1. The van der Waals surface area contributed by atoms with Crippen molar-refractivity contribution in [1.29, 1.82) is 0 Å². The van der Waals surface area contributed by atoms with Gasteiger partial charge in [0.15, 0.2) is 11.2 Å². The average molecular weight is 491 g/mol. The van der Waals surface area contributed by atoms with Crippen LogP contribution in [0.3, 0.4) is 0 Å². The summed E-state index contributed by atoms with van der Waals surface area (Å²) >= 11 is 0. The van der Waals surface area contributed by atoms with Gasteiger partial charge >= 0.3 is 5.69 Å². The number of aromatic nitrogens is 4. The third kappa shape index (κ3) is 4.58. The Labute approximate surface area is 208 Å². The van der Waals surface area contributed by atoms with Crippen molar-refractivity contribution < 1.29 is 4.39 Å². The number of piperazine rings is 1. The fraction of sp³-hybridized carbons (Fsp3) is 0.370. The molecule has 8 nitrogen and oxygen atoms in total. The number of rotatable bonds is 7. The Morgan fingerprint density at radius 1 is 0.889 bits per heavy atom. The molecule has 188 valence electrons. The summed E-state index contributed by atoms with van der Waals surface area (Å²) in [4.78, 5) is 34.8. The maximum Gasteiger partial charge on any atom is 0.332 e. The van der Waals surface area contributed by atoms with Crippen LogP contribution < -0.4 is 16.1 Å². The first-order chi connectivity index (χ1) is 17.4. The Kier molecular flexibility index (Phi) is 6.73. The van der Waals surface area contributed by atoms with Crippen LogP contribution >= 0.6 is 0 Å². The molecule has 0 bridgehead atoms. The molecule has 0 atom stereocenters. The molecule has 36 heavy (non-hydrogen) atoms. The summed E-state index contributed by atoms with van der Waals surface area (Å²) in [7, 11) is 3.16. The van der Waals surface area contributed by atoms with Gasteiger partial charge in [-0.25, -0.2) is 14.2 Å². The van der Waals surface area contributed by atoms with Gasteiger partial charge in [0.25, 0.3) is 5.56 Å². The molecule has 0 spiro atoms. The standard InChI is InChI=1S/C27H31FN6O2/c1-30-25-24(26(35)31(2)27(30)36)34(14-8-11-20-9-4-3-5-10-20)23(29-25)19-32-15-17-33(18-16-32)22-13-7-6-12-21(22)28/h3-7,9-10,12-13H,8,11,14-19H2,1-2H3. The topological polar surface area (TPSA) is 68.3 Å². The SMILES string of the molecule is Cn1c(=O)c2c(nc(CN3CCN(c4ccccc4F)CC3)n2CCCc2ccccc2)n(C)c1=O. The summed E-state index contributed by atoms with van der Waals surface area (Å²) < 4.78 is 18.8. The third-order valence-electron chi connectivity index (χ3n) is 7.05. The molecule has 2 aromatic carbocycles. The van der Waals surface area contributed by atoms with E-state index < -0.39 is 0 Å². The van der Waals surface area contributed by atoms with E-state index in [0.29, 0.717) is 43.0 Å². The zero-order valence-corrected chi connectivity index (χ0v) is 20.7. The minimum absolute atomic E-state index is 0.206. The summed E-state index contributed by atoms with van der Waals surface area (Å²) in [5.41, 5.74) is 2.05. The van der Waals surface area contributed by atoms with E-state index in [1.807, 2.05) is 34.9 Å². The van der Waals surface area contributed by atoms with Gasteiger partial charge in [-0.1, -0.05) is 42.5 Å². The maximum absolute atomic E-state index is 14.2. The lowest BCUT2D eigenvalue weighted by Crippen LogP contribution is -2.46. The molecule has 9 heteroatoms. The van der Waals surface area contributed by atoms with Crippen LogP contribution in [-0.2, 0) is 33.6 Å². The Balaban J connectivity index is 1.40. The molecular formula is C27H31FN6O2. The lowest BCUT2D eigenvalue weighted by molar-refractivity contribution is 0.240. The number of imidazole rings is 1. The molecule has 0 radical (unpaired) electrons. The Morgan fingerprint density at radius 2 is 1.58 bits per heavy atom. The average Bonchev–Trinajstić information content (AvgIpc) is 3.26. The number of anilines is 1. The first-order valence-corrected chi connectivity index (χ1v) is 12.3. The van der Waals surface area contributed by atoms with Crippen LogP contribution in [0.25, 0.3) is 11.2 Å². The zero-order chi connectivity index (χ0) is 25.2. The summed E-state index contributed by atoms with van der Waals surface area (Å²) in [5, 5.41) is 0. The predicted molar refractivity (Wildman–Crippen MR) is 139 cm³/mol. The number of benzene rings is 2. The molecule has 1 saturated heterocycles. The highest BCUT2D eigenvalue weighted by Crippen LogP contribution is 2.21. The van der Waals surface area contributed by atoms with Gasteiger partial charge in [-0.2, -0.15) is 0 Å². The number of hydrogen-bond donors (Lipinski definition) is 0. The normalized spacial score (nSPS) is 14.6. The highest BCUT2D eigenvalue weighted by molar-refractivity contribution is 5.71. The fourth-order valence-electron chi connectivity index (χ4n) is 4.99. The first-order valence-electron chi connectivity index (χ1n) is 12.3. The smallest absolute Gasteiger partial charge is 0.332 e. The van der Waals surface area contributed by atoms with Gasteiger partial charge in [0.2, 0.25) is 0 Å². The number of para-hydroxylation sites is 1. The fourth-order valence-corrected chi connectivity index (χ4v) is 4.99.